The molecule has 0 radical (unpaired) electrons. The van der Waals surface area contributed by atoms with Gasteiger partial charge in [0, 0.05) is 10.0 Å². The average molecular weight is 372 g/mol. The maximum atomic E-state index is 10.2. The monoisotopic (exact) mass is 370 g/mol. The second-order valence-corrected chi connectivity index (χ2v) is 6.66. The molecule has 6 heteroatoms. The molecule has 2 unspecified atom stereocenters. The van der Waals surface area contributed by atoms with Gasteiger partial charge in [-0.25, -0.2) is 0 Å². The Morgan fingerprint density at radius 3 is 2.86 bits per heavy atom. The van der Waals surface area contributed by atoms with E-state index in [0.29, 0.717) is 16.7 Å². The van der Waals surface area contributed by atoms with Crippen LogP contribution in [0.4, 0.5) is 0 Å². The summed E-state index contributed by atoms with van der Waals surface area (Å²) in [4.78, 5) is 4.47. The third-order valence-corrected chi connectivity index (χ3v) is 5.13. The molecule has 21 heavy (non-hydrogen) atoms. The van der Waals surface area contributed by atoms with Crippen LogP contribution < -0.4 is 0 Å². The molecule has 1 aromatic heterocycles. The van der Waals surface area contributed by atoms with Gasteiger partial charge < -0.3 is 9.63 Å². The first kappa shape index (κ1) is 15.0. The highest BCUT2D eigenvalue weighted by Crippen LogP contribution is 2.33. The van der Waals surface area contributed by atoms with Gasteiger partial charge >= 0.3 is 0 Å². The summed E-state index contributed by atoms with van der Waals surface area (Å²) in [6.45, 7) is 0. The molecular weight excluding hydrogens is 356 g/mol. The highest BCUT2D eigenvalue weighted by molar-refractivity contribution is 9.10. The van der Waals surface area contributed by atoms with E-state index in [-0.39, 0.29) is 5.92 Å². The van der Waals surface area contributed by atoms with Crippen molar-refractivity contribution >= 4 is 27.5 Å². The summed E-state index contributed by atoms with van der Waals surface area (Å²) in [7, 11) is 0. The second-order valence-electron chi connectivity index (χ2n) is 5.40. The van der Waals surface area contributed by atoms with Crippen molar-refractivity contribution in [2.45, 2.75) is 44.1 Å². The van der Waals surface area contributed by atoms with Crippen molar-refractivity contribution in [3.8, 4) is 11.4 Å². The molecule has 0 aliphatic heterocycles. The van der Waals surface area contributed by atoms with Gasteiger partial charge in [0.15, 0.2) is 0 Å². The van der Waals surface area contributed by atoms with Crippen LogP contribution in [0.25, 0.3) is 11.4 Å². The first-order chi connectivity index (χ1) is 10.1. The molecule has 2 atom stereocenters. The van der Waals surface area contributed by atoms with E-state index >= 15 is 0 Å². The Morgan fingerprint density at radius 1 is 1.24 bits per heavy atom. The summed E-state index contributed by atoms with van der Waals surface area (Å²) in [5.74, 6) is 1.01. The third kappa shape index (κ3) is 3.30. The summed E-state index contributed by atoms with van der Waals surface area (Å²) < 4.78 is 6.18. The summed E-state index contributed by atoms with van der Waals surface area (Å²) in [5.41, 5.74) is 0.837. The predicted molar refractivity (Wildman–Crippen MR) is 84.3 cm³/mol. The van der Waals surface area contributed by atoms with Gasteiger partial charge in [0.05, 0.1) is 17.0 Å². The molecule has 3 rings (SSSR count). The maximum Gasteiger partial charge on any atom is 0.232 e. The molecule has 0 bridgehead atoms. The van der Waals surface area contributed by atoms with Crippen LogP contribution in [-0.4, -0.2) is 21.4 Å². The van der Waals surface area contributed by atoms with Crippen LogP contribution in [0.5, 0.6) is 0 Å². The van der Waals surface area contributed by atoms with Gasteiger partial charge in [0.1, 0.15) is 0 Å². The van der Waals surface area contributed by atoms with Gasteiger partial charge in [-0.1, -0.05) is 36.0 Å². The van der Waals surface area contributed by atoms with E-state index in [1.807, 2.05) is 12.1 Å². The number of hydrogen-bond acceptors (Lipinski definition) is 4. The van der Waals surface area contributed by atoms with Gasteiger partial charge in [-0.3, -0.25) is 0 Å². The van der Waals surface area contributed by atoms with Crippen LogP contribution >= 0.6 is 27.5 Å². The molecule has 1 aliphatic carbocycles. The Kier molecular flexibility index (Phi) is 4.62. The van der Waals surface area contributed by atoms with Crippen LogP contribution in [0.1, 0.15) is 43.9 Å². The second kappa shape index (κ2) is 6.46. The number of aliphatic hydroxyl groups excluding tert-OH is 1. The van der Waals surface area contributed by atoms with Crippen LogP contribution in [0.3, 0.4) is 0 Å². The van der Waals surface area contributed by atoms with Crippen LogP contribution in [0, 0.1) is 0 Å². The van der Waals surface area contributed by atoms with Crippen molar-refractivity contribution in [3.63, 3.8) is 0 Å². The lowest BCUT2D eigenvalue weighted by molar-refractivity contribution is 0.119. The van der Waals surface area contributed by atoms with Gasteiger partial charge in [-0.05, 0) is 47.0 Å². The van der Waals surface area contributed by atoms with Crippen molar-refractivity contribution < 1.29 is 9.63 Å². The van der Waals surface area contributed by atoms with Crippen molar-refractivity contribution in [1.29, 1.82) is 0 Å². The van der Waals surface area contributed by atoms with Crippen molar-refractivity contribution in [1.82, 2.24) is 10.1 Å². The number of hydrogen-bond donors (Lipinski definition) is 1. The third-order valence-electron chi connectivity index (χ3n) is 3.92. The lowest BCUT2D eigenvalue weighted by Gasteiger charge is -2.15. The molecule has 1 N–H and O–H groups in total. The Labute approximate surface area is 136 Å². The maximum absolute atomic E-state index is 10.2. The zero-order valence-electron chi connectivity index (χ0n) is 11.4. The topological polar surface area (TPSA) is 59.2 Å². The minimum atomic E-state index is -0.391. The van der Waals surface area contributed by atoms with Crippen molar-refractivity contribution in [3.05, 3.63) is 33.6 Å². The first-order valence-electron chi connectivity index (χ1n) is 7.12. The summed E-state index contributed by atoms with van der Waals surface area (Å²) in [5, 5.41) is 14.9. The predicted octanol–water partition coefficient (Wildman–Crippen LogP) is 4.56. The average Bonchev–Trinajstić information content (AvgIpc) is 2.85. The number of halogens is 2. The fourth-order valence-electron chi connectivity index (χ4n) is 2.71. The van der Waals surface area contributed by atoms with Crippen molar-refractivity contribution in [2.75, 3.05) is 0 Å². The minimum Gasteiger partial charge on any atom is -0.392 e. The Morgan fingerprint density at radius 2 is 2.05 bits per heavy atom. The Balaban J connectivity index is 1.86. The van der Waals surface area contributed by atoms with E-state index in [1.54, 1.807) is 6.07 Å². The fraction of sp³-hybridized carbons (Fsp3) is 0.467. The molecule has 1 aromatic carbocycles. The van der Waals surface area contributed by atoms with E-state index in [0.717, 1.165) is 42.1 Å². The zero-order valence-corrected chi connectivity index (χ0v) is 13.8. The van der Waals surface area contributed by atoms with Gasteiger partial charge in [0.25, 0.3) is 0 Å². The van der Waals surface area contributed by atoms with Crippen LogP contribution in [0.2, 0.25) is 5.02 Å². The summed E-state index contributed by atoms with van der Waals surface area (Å²) in [6.07, 6.45) is 4.60. The van der Waals surface area contributed by atoms with E-state index < -0.39 is 6.10 Å². The highest BCUT2D eigenvalue weighted by Gasteiger charge is 2.28. The molecule has 112 valence electrons. The van der Waals surface area contributed by atoms with Gasteiger partial charge in [-0.15, -0.1) is 0 Å². The van der Waals surface area contributed by atoms with E-state index in [2.05, 4.69) is 26.1 Å². The normalized spacial score (nSPS) is 23.0. The highest BCUT2D eigenvalue weighted by atomic mass is 79.9. The molecule has 1 aliphatic rings. The minimum absolute atomic E-state index is 0.0514. The van der Waals surface area contributed by atoms with E-state index in [1.165, 1.54) is 0 Å². The molecule has 4 nitrogen and oxygen atoms in total. The van der Waals surface area contributed by atoms with Gasteiger partial charge in [-0.2, -0.15) is 4.98 Å². The Hall–Kier alpha value is -0.910. The molecule has 1 saturated carbocycles. The van der Waals surface area contributed by atoms with E-state index in [4.69, 9.17) is 16.1 Å². The molecular formula is C15H16BrClN2O2. The summed E-state index contributed by atoms with van der Waals surface area (Å²) >= 11 is 9.38. The fourth-order valence-corrected chi connectivity index (χ4v) is 3.21. The lowest BCUT2D eigenvalue weighted by atomic mass is 9.97. The summed E-state index contributed by atoms with van der Waals surface area (Å²) in [6, 6.07) is 5.50. The number of aliphatic hydroxyl groups is 1. The van der Waals surface area contributed by atoms with Crippen LogP contribution in [0.15, 0.2) is 27.2 Å². The Bertz CT molecular complexity index is 632. The standard InChI is InChI=1S/C15H16BrClN2O2/c16-11-8-9(6-7-12(11)17)14-18-15(21-19-14)10-4-2-1-3-5-13(10)20/h6-8,10,13,20H,1-5H2. The molecule has 2 aromatic rings. The number of benzene rings is 1. The SMILES string of the molecule is OC1CCCCCC1c1nc(-c2ccc(Cl)c(Br)c2)no1. The van der Waals surface area contributed by atoms with Crippen LogP contribution in [-0.2, 0) is 0 Å². The van der Waals surface area contributed by atoms with Gasteiger partial charge in [0.2, 0.25) is 11.7 Å². The largest absolute Gasteiger partial charge is 0.392 e. The lowest BCUT2D eigenvalue weighted by Crippen LogP contribution is -2.17. The number of rotatable bonds is 2. The molecule has 0 saturated heterocycles. The molecule has 1 fully saturated rings. The number of nitrogens with zero attached hydrogens (tertiary/aromatic N) is 2. The molecule has 1 heterocycles. The zero-order chi connectivity index (χ0) is 14.8. The van der Waals surface area contributed by atoms with Crippen molar-refractivity contribution in [2.24, 2.45) is 0 Å². The molecule has 0 amide bonds. The smallest absolute Gasteiger partial charge is 0.232 e. The van der Waals surface area contributed by atoms with E-state index in [9.17, 15) is 5.11 Å². The first-order valence-corrected chi connectivity index (χ1v) is 8.29. The quantitative estimate of drug-likeness (QED) is 0.786. The number of aromatic nitrogens is 2. The molecule has 0 spiro atoms.